The standard InChI is InChI=1S/C7H4F2N2S2.C6H4N2S2.CClF2.Na.H2O/c8-6(9)13-7-11-5-4(12-7)2-1-3-10-5;9-6-8-5-4(10-6)2-1-3-7-5;2-1(3)4;;/h1-3,6H;1-3H,(H,7,8,9);;;1H2/q;;2*+1;/p+1. The Balaban J connectivity index is 0.000000441. The Hall–Kier alpha value is -0.510. The third-order valence-corrected chi connectivity index (χ3v) is 5.53. The van der Waals surface area contributed by atoms with Crippen molar-refractivity contribution in [2.24, 2.45) is 0 Å². The second-order valence-corrected chi connectivity index (χ2v) is 8.53. The molecule has 4 aromatic rings. The summed E-state index contributed by atoms with van der Waals surface area (Å²) in [4.78, 5) is 15.0. The van der Waals surface area contributed by atoms with E-state index in [1.54, 1.807) is 29.8 Å². The number of alkyl halides is 2. The maximum absolute atomic E-state index is 12.0. The normalized spacial score (nSPS) is 9.59. The zero-order valence-corrected chi connectivity index (χ0v) is 20.5. The molecule has 4 rings (SSSR count). The first-order valence-corrected chi connectivity index (χ1v) is 10.1. The number of hydrogen-bond acceptors (Lipinski definition) is 7. The van der Waals surface area contributed by atoms with E-state index in [9.17, 15) is 17.6 Å². The van der Waals surface area contributed by atoms with Gasteiger partial charge in [0.15, 0.2) is 13.9 Å². The molecule has 0 aliphatic rings. The SMILES string of the molecule is FC(F)Sc1nc2ncccc2s1.F[C+](F)Cl.S=c1[nH]c2ncccc2s1.[Na+].[OH3+]. The number of aromatic amines is 1. The molecule has 4 aromatic heterocycles. The van der Waals surface area contributed by atoms with Crippen LogP contribution < -0.4 is 29.6 Å². The quantitative estimate of drug-likeness (QED) is 0.111. The van der Waals surface area contributed by atoms with Gasteiger partial charge in [0.2, 0.25) is 11.6 Å². The Morgan fingerprint density at radius 3 is 2.24 bits per heavy atom. The number of nitrogens with zero attached hydrogens (tertiary/aromatic N) is 3. The predicted octanol–water partition coefficient (Wildman–Crippen LogP) is 3.05. The van der Waals surface area contributed by atoms with Crippen LogP contribution in [0.4, 0.5) is 17.6 Å². The zero-order chi connectivity index (χ0) is 19.8. The van der Waals surface area contributed by atoms with Gasteiger partial charge in [0, 0.05) is 12.4 Å². The number of nitrogens with one attached hydrogen (secondary N) is 1. The van der Waals surface area contributed by atoms with Gasteiger partial charge in [0.25, 0.3) is 5.76 Å². The van der Waals surface area contributed by atoms with E-state index < -0.39 is 11.6 Å². The van der Waals surface area contributed by atoms with Crippen LogP contribution in [0.2, 0.25) is 0 Å². The fourth-order valence-electron chi connectivity index (χ4n) is 1.66. The van der Waals surface area contributed by atoms with Gasteiger partial charge in [-0.1, -0.05) is 0 Å². The molecule has 4 heterocycles. The first kappa shape index (κ1) is 28.5. The van der Waals surface area contributed by atoms with Crippen LogP contribution in [-0.2, 0) is 5.48 Å². The van der Waals surface area contributed by atoms with Crippen LogP contribution in [0.1, 0.15) is 0 Å². The number of fused-ring (bicyclic) bond motifs is 2. The fourth-order valence-corrected chi connectivity index (χ4v) is 4.35. The summed E-state index contributed by atoms with van der Waals surface area (Å²) >= 11 is 12.0. The van der Waals surface area contributed by atoms with Crippen LogP contribution >= 0.6 is 58.3 Å². The van der Waals surface area contributed by atoms with Crippen molar-refractivity contribution in [3.05, 3.63) is 46.5 Å². The molecule has 0 unspecified atom stereocenters. The Bertz CT molecular complexity index is 977. The summed E-state index contributed by atoms with van der Waals surface area (Å²) in [5.74, 6) is -4.53. The zero-order valence-electron chi connectivity index (χ0n) is 14.5. The van der Waals surface area contributed by atoms with E-state index >= 15 is 0 Å². The molecule has 4 N–H and O–H groups in total. The van der Waals surface area contributed by atoms with Gasteiger partial charge in [0.05, 0.1) is 18.2 Å². The van der Waals surface area contributed by atoms with Crippen molar-refractivity contribution in [2.45, 2.75) is 10.1 Å². The maximum atomic E-state index is 12.0. The molecule has 0 bridgehead atoms. The Morgan fingerprint density at radius 1 is 1.10 bits per heavy atom. The second kappa shape index (κ2) is 14.5. The van der Waals surface area contributed by atoms with E-state index in [0.717, 1.165) is 19.0 Å². The third-order valence-electron chi connectivity index (χ3n) is 2.53. The van der Waals surface area contributed by atoms with Gasteiger partial charge in [-0.3, -0.25) is 0 Å². The largest absolute Gasteiger partial charge is 1.00 e. The molecule has 0 amide bonds. The van der Waals surface area contributed by atoms with Crippen LogP contribution in [0.15, 0.2) is 41.0 Å². The summed E-state index contributed by atoms with van der Waals surface area (Å²) in [5.41, 5.74) is 1.42. The molecule has 0 atom stereocenters. The Morgan fingerprint density at radius 2 is 1.69 bits per heavy atom. The van der Waals surface area contributed by atoms with E-state index in [-0.39, 0.29) is 35.0 Å². The van der Waals surface area contributed by atoms with Gasteiger partial charge >= 0.3 is 35.4 Å². The molecular weight excluding hydrogens is 503 g/mol. The Labute approximate surface area is 206 Å². The van der Waals surface area contributed by atoms with Crippen LogP contribution in [0.3, 0.4) is 0 Å². The van der Waals surface area contributed by atoms with Crippen LogP contribution in [-0.4, -0.2) is 25.7 Å². The number of halogens is 5. The second-order valence-electron chi connectivity index (χ2n) is 4.26. The topological polar surface area (TPSA) is 87.5 Å². The summed E-state index contributed by atoms with van der Waals surface area (Å²) in [6.07, 6.45) is 3.35. The molecule has 0 radical (unpaired) electrons. The summed E-state index contributed by atoms with van der Waals surface area (Å²) in [6.45, 7) is 0. The van der Waals surface area contributed by atoms with E-state index in [2.05, 4.69) is 31.5 Å². The van der Waals surface area contributed by atoms with Crippen molar-refractivity contribution >= 4 is 78.9 Å². The van der Waals surface area contributed by atoms with Crippen molar-refractivity contribution in [2.75, 3.05) is 0 Å². The van der Waals surface area contributed by atoms with Crippen molar-refractivity contribution < 1.29 is 52.6 Å². The number of aromatic nitrogens is 4. The minimum absolute atomic E-state index is 0. The van der Waals surface area contributed by atoms with Crippen molar-refractivity contribution in [1.82, 2.24) is 19.9 Å². The van der Waals surface area contributed by atoms with Crippen LogP contribution in [0.25, 0.3) is 20.7 Å². The summed E-state index contributed by atoms with van der Waals surface area (Å²) < 4.78 is 47.1. The number of thiazole rings is 2. The average molecular weight is 514 g/mol. The summed E-state index contributed by atoms with van der Waals surface area (Å²) in [6, 6.07) is 7.48. The molecule has 0 spiro atoms. The number of thioether (sulfide) groups is 1. The molecule has 5 nitrogen and oxygen atoms in total. The van der Waals surface area contributed by atoms with Gasteiger partial charge in [-0.05, 0) is 48.2 Å². The molecule has 0 saturated heterocycles. The predicted molar refractivity (Wildman–Crippen MR) is 110 cm³/mol. The monoisotopic (exact) mass is 513 g/mol. The molecule has 0 fully saturated rings. The first-order chi connectivity index (χ1) is 12.8. The minimum atomic E-state index is -2.42. The van der Waals surface area contributed by atoms with Gasteiger partial charge in [-0.2, -0.15) is 8.78 Å². The number of pyridine rings is 2. The summed E-state index contributed by atoms with van der Waals surface area (Å²) in [5, 5.41) is 0. The van der Waals surface area contributed by atoms with E-state index in [1.807, 2.05) is 18.2 Å². The molecule has 0 aliphatic carbocycles. The van der Waals surface area contributed by atoms with Gasteiger partial charge < -0.3 is 10.5 Å². The maximum Gasteiger partial charge on any atom is 1.00 e. The average Bonchev–Trinajstić information content (AvgIpc) is 3.15. The van der Waals surface area contributed by atoms with Crippen LogP contribution in [0.5, 0.6) is 0 Å². The molecule has 15 heteroatoms. The molecule has 150 valence electrons. The number of hydrogen-bond donors (Lipinski definition) is 1. The van der Waals surface area contributed by atoms with Crippen molar-refractivity contribution in [3.8, 4) is 0 Å². The van der Waals surface area contributed by atoms with Crippen molar-refractivity contribution in [1.29, 1.82) is 0 Å². The number of H-pyrrole nitrogens is 1. The smallest absolute Gasteiger partial charge is 0.457 e. The molecular formula is C14H11ClF4N4NaOS4+3. The first-order valence-electron chi connectivity index (χ1n) is 6.79. The van der Waals surface area contributed by atoms with Gasteiger partial charge in [-0.25, -0.2) is 15.0 Å². The fraction of sp³-hybridized carbons (Fsp3) is 0.0714. The van der Waals surface area contributed by atoms with E-state index in [4.69, 9.17) is 12.2 Å². The Kier molecular flexibility index (Phi) is 14.2. The molecule has 0 saturated carbocycles. The minimum Gasteiger partial charge on any atom is -0.457 e. The molecule has 0 aliphatic heterocycles. The molecule has 0 aromatic carbocycles. The van der Waals surface area contributed by atoms with Gasteiger partial charge in [0.1, 0.15) is 5.65 Å². The summed E-state index contributed by atoms with van der Waals surface area (Å²) in [7, 11) is 0. The van der Waals surface area contributed by atoms with Crippen LogP contribution in [0, 0.1) is 9.84 Å². The number of rotatable bonds is 2. The van der Waals surface area contributed by atoms with E-state index in [1.165, 1.54) is 11.3 Å². The molecule has 29 heavy (non-hydrogen) atoms. The third kappa shape index (κ3) is 10.4. The van der Waals surface area contributed by atoms with Gasteiger partial charge in [-0.15, -0.1) is 22.7 Å². The van der Waals surface area contributed by atoms with E-state index in [0.29, 0.717) is 21.7 Å². The van der Waals surface area contributed by atoms with Crippen molar-refractivity contribution in [3.63, 3.8) is 0 Å².